The van der Waals surface area contributed by atoms with Crippen LogP contribution in [-0.2, 0) is 9.84 Å². The molecule has 17 heavy (non-hydrogen) atoms. The monoisotopic (exact) mass is 259 g/mol. The van der Waals surface area contributed by atoms with Crippen LogP contribution in [0.2, 0.25) is 0 Å². The Balaban J connectivity index is 2.53. The molecule has 2 unspecified atom stereocenters. The van der Waals surface area contributed by atoms with Gasteiger partial charge in [-0.05, 0) is 26.2 Å². The first kappa shape index (κ1) is 12.3. The Morgan fingerprint density at radius 1 is 1.59 bits per heavy atom. The molecule has 6 nitrogen and oxygen atoms in total. The van der Waals surface area contributed by atoms with Crippen molar-refractivity contribution in [3.63, 3.8) is 0 Å². The molecule has 1 saturated carbocycles. The fourth-order valence-corrected chi connectivity index (χ4v) is 4.81. The number of nitrogens with one attached hydrogen (secondary N) is 2. The number of hydrogen-bond donors (Lipinski definition) is 2. The third-order valence-electron chi connectivity index (χ3n) is 3.78. The first-order chi connectivity index (χ1) is 7.84. The molecule has 96 valence electrons. The predicted octanol–water partition coefficient (Wildman–Crippen LogP) is 0.345. The molecular weight excluding hydrogens is 242 g/mol. The number of nitrogens with zero attached hydrogens (tertiary/aromatic N) is 1. The molecular formula is C10H17N3O3S. The van der Waals surface area contributed by atoms with Gasteiger partial charge < -0.3 is 4.90 Å². The summed E-state index contributed by atoms with van der Waals surface area (Å²) in [6.45, 7) is 2.22. The zero-order valence-electron chi connectivity index (χ0n) is 9.99. The molecule has 2 N–H and O–H groups in total. The van der Waals surface area contributed by atoms with Crippen LogP contribution in [0.3, 0.4) is 0 Å². The summed E-state index contributed by atoms with van der Waals surface area (Å²) in [6.07, 6.45) is 2.99. The number of sulfone groups is 1. The van der Waals surface area contributed by atoms with Gasteiger partial charge in [0.1, 0.15) is 11.4 Å². The smallest absolute Gasteiger partial charge is 0.311 e. The number of urea groups is 1. The third kappa shape index (κ3) is 1.55. The standard InChI is InChI=1S/C10H17N3O3S/c1-3-13-9(14)12-8(11)10(13)6-4-5-7(10)17(2,15)16/h7H,3-6H2,1-2H3,(H2,11,12,14). The number of carbonyl (C=O) groups is 1. The number of amides is 2. The van der Waals surface area contributed by atoms with Gasteiger partial charge in [-0.1, -0.05) is 0 Å². The second kappa shape index (κ2) is 3.69. The van der Waals surface area contributed by atoms with E-state index in [0.717, 1.165) is 6.42 Å². The minimum atomic E-state index is -3.27. The average Bonchev–Trinajstić information content (AvgIpc) is 2.71. The lowest BCUT2D eigenvalue weighted by Gasteiger charge is -2.36. The molecule has 2 aliphatic rings. The number of hydrogen-bond acceptors (Lipinski definition) is 4. The molecule has 2 atom stereocenters. The van der Waals surface area contributed by atoms with Gasteiger partial charge >= 0.3 is 6.03 Å². The Bertz CT molecular complexity index is 473. The van der Waals surface area contributed by atoms with E-state index in [-0.39, 0.29) is 11.9 Å². The van der Waals surface area contributed by atoms with Gasteiger partial charge in [0.05, 0.1) is 5.25 Å². The maximum absolute atomic E-state index is 11.8. The molecule has 1 spiro atoms. The SMILES string of the molecule is CCN1C(=O)NC(=N)C12CCCC2S(C)(=O)=O. The summed E-state index contributed by atoms with van der Waals surface area (Å²) in [6, 6.07) is -0.354. The van der Waals surface area contributed by atoms with Gasteiger partial charge in [0, 0.05) is 12.8 Å². The van der Waals surface area contributed by atoms with Gasteiger partial charge in [0.25, 0.3) is 0 Å². The summed E-state index contributed by atoms with van der Waals surface area (Å²) in [4.78, 5) is 13.2. The third-order valence-corrected chi connectivity index (χ3v) is 5.44. The van der Waals surface area contributed by atoms with Crippen LogP contribution < -0.4 is 5.32 Å². The van der Waals surface area contributed by atoms with E-state index in [1.54, 1.807) is 6.92 Å². The molecule has 0 bridgehead atoms. The van der Waals surface area contributed by atoms with Crippen LogP contribution in [0.25, 0.3) is 0 Å². The highest BCUT2D eigenvalue weighted by Crippen LogP contribution is 2.42. The van der Waals surface area contributed by atoms with Crippen molar-refractivity contribution in [2.75, 3.05) is 12.8 Å². The van der Waals surface area contributed by atoms with E-state index in [4.69, 9.17) is 5.41 Å². The fraction of sp³-hybridized carbons (Fsp3) is 0.800. The normalized spacial score (nSPS) is 33.5. The van der Waals surface area contributed by atoms with Crippen molar-refractivity contribution in [1.29, 1.82) is 5.41 Å². The summed E-state index contributed by atoms with van der Waals surface area (Å²) in [5, 5.41) is 9.74. The van der Waals surface area contributed by atoms with Gasteiger partial charge in [0.2, 0.25) is 0 Å². The molecule has 0 aromatic carbocycles. The topological polar surface area (TPSA) is 90.3 Å². The Labute approximate surface area is 101 Å². The fourth-order valence-electron chi connectivity index (χ4n) is 3.14. The summed E-state index contributed by atoms with van der Waals surface area (Å²) < 4.78 is 23.7. The minimum Gasteiger partial charge on any atom is -0.311 e. The highest BCUT2D eigenvalue weighted by molar-refractivity contribution is 7.91. The first-order valence-electron chi connectivity index (χ1n) is 5.70. The Morgan fingerprint density at radius 3 is 2.76 bits per heavy atom. The van der Waals surface area contributed by atoms with E-state index in [1.165, 1.54) is 11.2 Å². The van der Waals surface area contributed by atoms with Gasteiger partial charge in [-0.2, -0.15) is 0 Å². The van der Waals surface area contributed by atoms with Gasteiger partial charge in [-0.3, -0.25) is 10.7 Å². The van der Waals surface area contributed by atoms with Crippen LogP contribution in [0, 0.1) is 5.41 Å². The molecule has 0 aromatic heterocycles. The second-order valence-corrected chi connectivity index (χ2v) is 6.91. The highest BCUT2D eigenvalue weighted by atomic mass is 32.2. The zero-order valence-corrected chi connectivity index (χ0v) is 10.8. The van der Waals surface area contributed by atoms with Crippen LogP contribution in [0.5, 0.6) is 0 Å². The van der Waals surface area contributed by atoms with Crippen LogP contribution >= 0.6 is 0 Å². The molecule has 1 heterocycles. The van der Waals surface area contributed by atoms with Crippen LogP contribution in [0.4, 0.5) is 4.79 Å². The highest BCUT2D eigenvalue weighted by Gasteiger charge is 2.60. The molecule has 2 rings (SSSR count). The van der Waals surface area contributed by atoms with E-state index in [9.17, 15) is 13.2 Å². The van der Waals surface area contributed by atoms with Crippen molar-refractivity contribution in [2.45, 2.75) is 37.0 Å². The molecule has 1 aliphatic heterocycles. The number of carbonyl (C=O) groups excluding carboxylic acids is 1. The van der Waals surface area contributed by atoms with E-state index < -0.39 is 20.6 Å². The van der Waals surface area contributed by atoms with E-state index >= 15 is 0 Å². The lowest BCUT2D eigenvalue weighted by Crippen LogP contribution is -2.57. The van der Waals surface area contributed by atoms with Crippen LogP contribution in [0.15, 0.2) is 0 Å². The summed E-state index contributed by atoms with van der Waals surface area (Å²) in [7, 11) is -3.27. The number of amidine groups is 1. The van der Waals surface area contributed by atoms with Gasteiger partial charge in [-0.15, -0.1) is 0 Å². The Morgan fingerprint density at radius 2 is 2.24 bits per heavy atom. The van der Waals surface area contributed by atoms with E-state index in [2.05, 4.69) is 5.32 Å². The van der Waals surface area contributed by atoms with Crippen LogP contribution in [-0.4, -0.2) is 48.8 Å². The van der Waals surface area contributed by atoms with Gasteiger partial charge in [0.15, 0.2) is 9.84 Å². The van der Waals surface area contributed by atoms with Crippen molar-refractivity contribution in [2.24, 2.45) is 0 Å². The molecule has 1 aliphatic carbocycles. The van der Waals surface area contributed by atoms with Crippen molar-refractivity contribution < 1.29 is 13.2 Å². The summed E-state index contributed by atoms with van der Waals surface area (Å²) >= 11 is 0. The molecule has 7 heteroatoms. The average molecular weight is 259 g/mol. The van der Waals surface area contributed by atoms with Crippen molar-refractivity contribution >= 4 is 21.7 Å². The summed E-state index contributed by atoms with van der Waals surface area (Å²) in [5.74, 6) is 0.0391. The van der Waals surface area contributed by atoms with E-state index in [1.807, 2.05) is 0 Å². The number of rotatable bonds is 2. The van der Waals surface area contributed by atoms with Crippen molar-refractivity contribution in [3.05, 3.63) is 0 Å². The molecule has 2 amide bonds. The lowest BCUT2D eigenvalue weighted by atomic mass is 9.95. The second-order valence-electron chi connectivity index (χ2n) is 4.68. The van der Waals surface area contributed by atoms with Crippen molar-refractivity contribution in [1.82, 2.24) is 10.2 Å². The van der Waals surface area contributed by atoms with Gasteiger partial charge in [-0.25, -0.2) is 13.2 Å². The maximum atomic E-state index is 11.8. The summed E-state index contributed by atoms with van der Waals surface area (Å²) in [5.41, 5.74) is -0.945. The van der Waals surface area contributed by atoms with Crippen LogP contribution in [0.1, 0.15) is 26.2 Å². The minimum absolute atomic E-state index is 0.0391. The predicted molar refractivity (Wildman–Crippen MR) is 63.9 cm³/mol. The zero-order chi connectivity index (χ0) is 12.8. The largest absolute Gasteiger partial charge is 0.323 e. The molecule has 0 aromatic rings. The Kier molecular flexibility index (Phi) is 2.68. The first-order valence-corrected chi connectivity index (χ1v) is 7.66. The number of likely N-dealkylation sites (N-methyl/N-ethyl adjacent to an activating group) is 1. The molecule has 2 fully saturated rings. The lowest BCUT2D eigenvalue weighted by molar-refractivity contribution is 0.180. The molecule has 1 saturated heterocycles. The molecule has 0 radical (unpaired) electrons. The Hall–Kier alpha value is -1.11. The van der Waals surface area contributed by atoms with Crippen molar-refractivity contribution in [3.8, 4) is 0 Å². The quantitative estimate of drug-likeness (QED) is 0.749. The van der Waals surface area contributed by atoms with E-state index in [0.29, 0.717) is 19.4 Å². The maximum Gasteiger partial charge on any atom is 0.323 e.